The van der Waals surface area contributed by atoms with Gasteiger partial charge in [-0.05, 0) is 36.8 Å². The SMILES string of the molecule is Cc1cccc(OC[C@@H](O)CNCCNS(=O)(=O)c2ccc(S(N)(=O)=O)cc2F)c1C#N. The Balaban J connectivity index is 1.80. The molecule has 0 radical (unpaired) electrons. The van der Waals surface area contributed by atoms with Crippen molar-refractivity contribution >= 4 is 20.0 Å². The number of primary sulfonamides is 1. The number of hydrogen-bond donors (Lipinski definition) is 4. The second kappa shape index (κ2) is 10.8. The minimum atomic E-state index is -4.23. The van der Waals surface area contributed by atoms with E-state index in [-0.39, 0.29) is 26.2 Å². The highest BCUT2D eigenvalue weighted by molar-refractivity contribution is 7.89. The molecule has 0 amide bonds. The van der Waals surface area contributed by atoms with Gasteiger partial charge in [-0.25, -0.2) is 31.1 Å². The molecule has 0 heterocycles. The lowest BCUT2D eigenvalue weighted by molar-refractivity contribution is 0.106. The summed E-state index contributed by atoms with van der Waals surface area (Å²) in [6.45, 7) is 1.75. The molecule has 32 heavy (non-hydrogen) atoms. The lowest BCUT2D eigenvalue weighted by Gasteiger charge is -2.15. The van der Waals surface area contributed by atoms with E-state index in [1.54, 1.807) is 25.1 Å². The second-order valence-corrected chi connectivity index (χ2v) is 10.1. The molecule has 2 aromatic rings. The van der Waals surface area contributed by atoms with Crippen LogP contribution < -0.4 is 19.9 Å². The molecule has 5 N–H and O–H groups in total. The van der Waals surface area contributed by atoms with Crippen LogP contribution in [0.4, 0.5) is 4.39 Å². The average Bonchev–Trinajstić information content (AvgIpc) is 2.71. The van der Waals surface area contributed by atoms with Crippen LogP contribution in [-0.4, -0.2) is 54.3 Å². The number of aryl methyl sites for hydroxylation is 1. The largest absolute Gasteiger partial charge is 0.489 e. The van der Waals surface area contributed by atoms with E-state index in [0.717, 1.165) is 17.7 Å². The summed E-state index contributed by atoms with van der Waals surface area (Å²) in [6, 6.07) is 9.40. The first-order valence-electron chi connectivity index (χ1n) is 9.29. The van der Waals surface area contributed by atoms with Gasteiger partial charge in [0.05, 0.1) is 10.5 Å². The summed E-state index contributed by atoms with van der Waals surface area (Å²) >= 11 is 0. The first-order chi connectivity index (χ1) is 15.0. The molecule has 0 unspecified atom stereocenters. The smallest absolute Gasteiger partial charge is 0.243 e. The molecule has 0 aliphatic rings. The van der Waals surface area contributed by atoms with Gasteiger partial charge in [0.25, 0.3) is 0 Å². The molecular formula is C19H23FN4O6S2. The third-order valence-electron chi connectivity index (χ3n) is 4.27. The van der Waals surface area contributed by atoms with Gasteiger partial charge in [0.15, 0.2) is 0 Å². The standard InChI is InChI=1S/C19H23FN4O6S2/c1-13-3-2-4-18(16(13)10-21)30-12-14(25)11-23-7-8-24-32(28,29)19-6-5-15(9-17(19)20)31(22,26)27/h2-6,9,14,23-25H,7-8,11-12H2,1H3,(H2,22,26,27)/t14-/m0/s1. The van der Waals surface area contributed by atoms with E-state index in [2.05, 4.69) is 10.0 Å². The molecule has 174 valence electrons. The van der Waals surface area contributed by atoms with Crippen molar-refractivity contribution in [3.63, 3.8) is 0 Å². The minimum Gasteiger partial charge on any atom is -0.489 e. The fourth-order valence-electron chi connectivity index (χ4n) is 2.65. The fraction of sp³-hybridized carbons (Fsp3) is 0.316. The van der Waals surface area contributed by atoms with Crippen LogP contribution in [0.1, 0.15) is 11.1 Å². The number of ether oxygens (including phenoxy) is 1. The van der Waals surface area contributed by atoms with Gasteiger partial charge in [0.2, 0.25) is 20.0 Å². The fourth-order valence-corrected chi connectivity index (χ4v) is 4.26. The maximum Gasteiger partial charge on any atom is 0.243 e. The monoisotopic (exact) mass is 486 g/mol. The van der Waals surface area contributed by atoms with E-state index in [9.17, 15) is 26.3 Å². The zero-order valence-electron chi connectivity index (χ0n) is 17.1. The molecule has 13 heteroatoms. The van der Waals surface area contributed by atoms with Crippen LogP contribution in [0.15, 0.2) is 46.2 Å². The van der Waals surface area contributed by atoms with Crippen LogP contribution in [0.25, 0.3) is 0 Å². The normalized spacial score (nSPS) is 12.8. The quantitative estimate of drug-likeness (QED) is 0.320. The zero-order valence-corrected chi connectivity index (χ0v) is 18.7. The third kappa shape index (κ3) is 6.95. The first kappa shape index (κ1) is 25.7. The topological polar surface area (TPSA) is 172 Å². The van der Waals surface area contributed by atoms with Gasteiger partial charge in [-0.1, -0.05) is 12.1 Å². The van der Waals surface area contributed by atoms with Crippen LogP contribution in [0.5, 0.6) is 5.75 Å². The van der Waals surface area contributed by atoms with Gasteiger partial charge in [-0.15, -0.1) is 0 Å². The molecule has 0 spiro atoms. The van der Waals surface area contributed by atoms with Crippen molar-refractivity contribution in [3.05, 3.63) is 53.3 Å². The average molecular weight is 487 g/mol. The van der Waals surface area contributed by atoms with E-state index in [4.69, 9.17) is 15.1 Å². The lowest BCUT2D eigenvalue weighted by Crippen LogP contribution is -2.37. The van der Waals surface area contributed by atoms with E-state index < -0.39 is 41.8 Å². The third-order valence-corrected chi connectivity index (χ3v) is 6.68. The predicted octanol–water partition coefficient (Wildman–Crippen LogP) is -0.0390. The Bertz CT molecular complexity index is 1210. The highest BCUT2D eigenvalue weighted by Crippen LogP contribution is 2.21. The van der Waals surface area contributed by atoms with Gasteiger partial charge < -0.3 is 15.2 Å². The van der Waals surface area contributed by atoms with Crippen LogP contribution in [0, 0.1) is 24.1 Å². The molecule has 0 bridgehead atoms. The molecule has 0 aliphatic carbocycles. The van der Waals surface area contributed by atoms with E-state index in [1.165, 1.54) is 0 Å². The van der Waals surface area contributed by atoms with Gasteiger partial charge in [-0.3, -0.25) is 0 Å². The molecule has 0 fully saturated rings. The van der Waals surface area contributed by atoms with Crippen molar-refractivity contribution in [2.45, 2.75) is 22.8 Å². The molecule has 0 saturated carbocycles. The zero-order chi connectivity index (χ0) is 23.9. The molecule has 0 saturated heterocycles. The highest BCUT2D eigenvalue weighted by atomic mass is 32.2. The molecular weight excluding hydrogens is 463 g/mol. The molecule has 1 atom stereocenters. The van der Waals surface area contributed by atoms with Crippen molar-refractivity contribution in [3.8, 4) is 11.8 Å². The number of benzene rings is 2. The number of nitriles is 1. The number of nitrogens with one attached hydrogen (secondary N) is 2. The summed E-state index contributed by atoms with van der Waals surface area (Å²) in [5.41, 5.74) is 1.13. The van der Waals surface area contributed by atoms with Crippen LogP contribution in [0.3, 0.4) is 0 Å². The van der Waals surface area contributed by atoms with Gasteiger partial charge >= 0.3 is 0 Å². The summed E-state index contributed by atoms with van der Waals surface area (Å²) in [5, 5.41) is 26.9. The Morgan fingerprint density at radius 3 is 2.56 bits per heavy atom. The van der Waals surface area contributed by atoms with Gasteiger partial charge in [0.1, 0.15) is 35.2 Å². The summed E-state index contributed by atoms with van der Waals surface area (Å²) in [5.74, 6) is -0.896. The van der Waals surface area contributed by atoms with Gasteiger partial charge in [-0.2, -0.15) is 5.26 Å². The number of nitrogens with zero attached hydrogens (tertiary/aromatic N) is 1. The second-order valence-electron chi connectivity index (χ2n) is 6.76. The minimum absolute atomic E-state index is 0.0762. The Morgan fingerprint density at radius 2 is 1.94 bits per heavy atom. The number of halogens is 1. The van der Waals surface area contributed by atoms with Crippen molar-refractivity contribution in [2.75, 3.05) is 26.2 Å². The summed E-state index contributed by atoms with van der Waals surface area (Å²) in [6.07, 6.45) is -0.929. The Kier molecular flexibility index (Phi) is 8.67. The van der Waals surface area contributed by atoms with Crippen molar-refractivity contribution in [1.82, 2.24) is 10.0 Å². The van der Waals surface area contributed by atoms with Crippen molar-refractivity contribution in [2.24, 2.45) is 5.14 Å². The summed E-state index contributed by atoms with van der Waals surface area (Å²) in [7, 11) is -8.39. The molecule has 0 aliphatic heterocycles. The summed E-state index contributed by atoms with van der Waals surface area (Å²) in [4.78, 5) is -1.26. The van der Waals surface area contributed by atoms with E-state index in [0.29, 0.717) is 17.4 Å². The Morgan fingerprint density at radius 1 is 1.22 bits per heavy atom. The number of sulfonamides is 2. The van der Waals surface area contributed by atoms with Crippen LogP contribution in [-0.2, 0) is 20.0 Å². The van der Waals surface area contributed by atoms with Crippen LogP contribution >= 0.6 is 0 Å². The number of nitrogens with two attached hydrogens (primary N) is 1. The van der Waals surface area contributed by atoms with Gasteiger partial charge in [0, 0.05) is 19.6 Å². The number of aliphatic hydroxyl groups excluding tert-OH is 1. The van der Waals surface area contributed by atoms with E-state index >= 15 is 0 Å². The number of hydrogen-bond acceptors (Lipinski definition) is 8. The maximum atomic E-state index is 14.0. The number of aliphatic hydroxyl groups is 1. The first-order valence-corrected chi connectivity index (χ1v) is 12.3. The molecule has 2 rings (SSSR count). The number of rotatable bonds is 11. The molecule has 0 aromatic heterocycles. The van der Waals surface area contributed by atoms with E-state index in [1.807, 2.05) is 6.07 Å². The summed E-state index contributed by atoms with van der Waals surface area (Å²) < 4.78 is 68.5. The predicted molar refractivity (Wildman–Crippen MR) is 113 cm³/mol. The lowest BCUT2D eigenvalue weighted by atomic mass is 10.1. The molecule has 2 aromatic carbocycles. The highest BCUT2D eigenvalue weighted by Gasteiger charge is 2.21. The Labute approximate surface area is 185 Å². The Hall–Kier alpha value is -2.60. The van der Waals surface area contributed by atoms with Crippen molar-refractivity contribution in [1.29, 1.82) is 5.26 Å². The maximum absolute atomic E-state index is 14.0. The van der Waals surface area contributed by atoms with Crippen molar-refractivity contribution < 1.29 is 31.1 Å². The molecule has 10 nitrogen and oxygen atoms in total. The van der Waals surface area contributed by atoms with Crippen LogP contribution in [0.2, 0.25) is 0 Å².